The third-order valence-electron chi connectivity index (χ3n) is 2.94. The number of benzene rings is 1. The van der Waals surface area contributed by atoms with Gasteiger partial charge in [0.25, 0.3) is 0 Å². The molecular formula is C14H13N3O3Se. The van der Waals surface area contributed by atoms with Crippen molar-refractivity contribution >= 4 is 30.6 Å². The topological polar surface area (TPSA) is 74.1 Å². The van der Waals surface area contributed by atoms with Crippen molar-refractivity contribution in [3.05, 3.63) is 51.8 Å². The summed E-state index contributed by atoms with van der Waals surface area (Å²) in [5.74, 6) is 0. The average Bonchev–Trinajstić information content (AvgIpc) is 3.04. The van der Waals surface area contributed by atoms with Gasteiger partial charge in [-0.25, -0.2) is 0 Å². The quantitative estimate of drug-likeness (QED) is 0.235. The summed E-state index contributed by atoms with van der Waals surface area (Å²) in [7, 11) is 0. The molecule has 0 aliphatic heterocycles. The van der Waals surface area contributed by atoms with Gasteiger partial charge in [0.1, 0.15) is 0 Å². The second kappa shape index (κ2) is 5.35. The summed E-state index contributed by atoms with van der Waals surface area (Å²) in [6.45, 7) is 3.57. The molecule has 0 atom stereocenters. The molecule has 0 unspecified atom stereocenters. The van der Waals surface area contributed by atoms with Gasteiger partial charge in [-0.05, 0) is 0 Å². The second-order valence-corrected chi connectivity index (χ2v) is 6.90. The van der Waals surface area contributed by atoms with Gasteiger partial charge in [0.05, 0.1) is 0 Å². The van der Waals surface area contributed by atoms with Crippen molar-refractivity contribution < 1.29 is 9.16 Å². The van der Waals surface area contributed by atoms with Crippen LogP contribution in [0.4, 0.5) is 0 Å². The first kappa shape index (κ1) is 13.9. The Labute approximate surface area is 126 Å². The van der Waals surface area contributed by atoms with Gasteiger partial charge in [0, 0.05) is 0 Å². The van der Waals surface area contributed by atoms with Crippen LogP contribution in [0.1, 0.15) is 19.5 Å². The normalized spacial score (nSPS) is 12.4. The predicted octanol–water partition coefficient (Wildman–Crippen LogP) is 1.37. The standard InChI is InChI=1S/C14H13N3O3Se/c1-9(2)16(19)7-10-8-20-14(15-10)17-13(18)11-5-3-4-6-12(11)21-17/h3-9H,1-2H3. The van der Waals surface area contributed by atoms with Crippen molar-refractivity contribution in [2.75, 3.05) is 0 Å². The zero-order valence-electron chi connectivity index (χ0n) is 11.5. The summed E-state index contributed by atoms with van der Waals surface area (Å²) < 4.78 is 8.68. The van der Waals surface area contributed by atoms with E-state index in [-0.39, 0.29) is 32.3 Å². The summed E-state index contributed by atoms with van der Waals surface area (Å²) >= 11 is -0.189. The zero-order chi connectivity index (χ0) is 15.0. The fraction of sp³-hybridized carbons (Fsp3) is 0.214. The summed E-state index contributed by atoms with van der Waals surface area (Å²) in [6, 6.07) is 7.54. The molecule has 0 N–H and O–H groups in total. The van der Waals surface area contributed by atoms with Crippen LogP contribution in [0.2, 0.25) is 0 Å². The van der Waals surface area contributed by atoms with E-state index in [9.17, 15) is 10.0 Å². The van der Waals surface area contributed by atoms with Crippen molar-refractivity contribution in [1.29, 1.82) is 0 Å². The number of nitrogens with zero attached hydrogens (tertiary/aromatic N) is 3. The van der Waals surface area contributed by atoms with Crippen LogP contribution in [0, 0.1) is 5.21 Å². The Morgan fingerprint density at radius 2 is 2.19 bits per heavy atom. The van der Waals surface area contributed by atoms with E-state index in [2.05, 4.69) is 4.98 Å². The molecule has 0 spiro atoms. The number of fused-ring (bicyclic) bond motifs is 1. The first-order valence-corrected chi connectivity index (χ1v) is 8.06. The molecule has 0 radical (unpaired) electrons. The molecule has 3 aromatic rings. The third-order valence-corrected chi connectivity index (χ3v) is 5.16. The molecule has 0 bridgehead atoms. The van der Waals surface area contributed by atoms with E-state index in [1.165, 1.54) is 16.0 Å². The monoisotopic (exact) mass is 351 g/mol. The minimum absolute atomic E-state index is 0.109. The van der Waals surface area contributed by atoms with Crippen LogP contribution in [0.5, 0.6) is 0 Å². The van der Waals surface area contributed by atoms with Crippen LogP contribution in [0.25, 0.3) is 15.7 Å². The molecule has 0 fully saturated rings. The SMILES string of the molecule is CC(C)[N+]([O-])=Cc1coc(-n2[se]c3ccccc3c2=O)n1. The van der Waals surface area contributed by atoms with Crippen molar-refractivity contribution in [3.63, 3.8) is 0 Å². The zero-order valence-corrected chi connectivity index (χ0v) is 13.2. The molecule has 21 heavy (non-hydrogen) atoms. The van der Waals surface area contributed by atoms with E-state index in [0.29, 0.717) is 11.1 Å². The fourth-order valence-electron chi connectivity index (χ4n) is 1.81. The van der Waals surface area contributed by atoms with E-state index >= 15 is 0 Å². The van der Waals surface area contributed by atoms with Crippen LogP contribution in [0.15, 0.2) is 39.7 Å². The number of hydroxylamine groups is 1. The fourth-order valence-corrected chi connectivity index (χ4v) is 3.76. The van der Waals surface area contributed by atoms with E-state index in [1.54, 1.807) is 19.9 Å². The Morgan fingerprint density at radius 1 is 1.43 bits per heavy atom. The van der Waals surface area contributed by atoms with Crippen molar-refractivity contribution in [3.8, 4) is 6.01 Å². The number of aromatic nitrogens is 2. The average molecular weight is 350 g/mol. The summed E-state index contributed by atoms with van der Waals surface area (Å²) in [4.78, 5) is 16.5. The maximum atomic E-state index is 12.3. The van der Waals surface area contributed by atoms with Crippen LogP contribution >= 0.6 is 0 Å². The van der Waals surface area contributed by atoms with Gasteiger partial charge in [-0.3, -0.25) is 0 Å². The molecule has 1 aromatic carbocycles. The van der Waals surface area contributed by atoms with Crippen LogP contribution in [0.3, 0.4) is 0 Å². The van der Waals surface area contributed by atoms with E-state index in [1.807, 2.05) is 18.2 Å². The Bertz CT molecular complexity index is 873. The van der Waals surface area contributed by atoms with Crippen molar-refractivity contribution in [2.45, 2.75) is 19.9 Å². The molecule has 3 rings (SSSR count). The van der Waals surface area contributed by atoms with Crippen molar-refractivity contribution in [1.82, 2.24) is 8.55 Å². The Balaban J connectivity index is 2.05. The molecule has 7 heteroatoms. The summed E-state index contributed by atoms with van der Waals surface area (Å²) in [5.41, 5.74) is 0.301. The van der Waals surface area contributed by atoms with Gasteiger partial charge < -0.3 is 0 Å². The van der Waals surface area contributed by atoms with E-state index in [0.717, 1.165) is 9.00 Å². The molecule has 2 heterocycles. The van der Waals surface area contributed by atoms with Gasteiger partial charge in [-0.2, -0.15) is 0 Å². The molecule has 0 aliphatic rings. The summed E-state index contributed by atoms with van der Waals surface area (Å²) in [5, 5.41) is 12.3. The number of hydrogen-bond acceptors (Lipinski definition) is 4. The Morgan fingerprint density at radius 3 is 2.90 bits per heavy atom. The third kappa shape index (κ3) is 2.57. The van der Waals surface area contributed by atoms with Gasteiger partial charge in [0.2, 0.25) is 0 Å². The van der Waals surface area contributed by atoms with E-state index in [4.69, 9.17) is 4.42 Å². The first-order valence-electron chi connectivity index (χ1n) is 6.43. The molecular weight excluding hydrogens is 337 g/mol. The van der Waals surface area contributed by atoms with E-state index < -0.39 is 0 Å². The Hall–Kier alpha value is -2.11. The Kier molecular flexibility index (Phi) is 3.53. The molecule has 6 nitrogen and oxygen atoms in total. The molecule has 108 valence electrons. The van der Waals surface area contributed by atoms with Crippen LogP contribution in [-0.4, -0.2) is 40.3 Å². The van der Waals surface area contributed by atoms with Gasteiger partial charge in [-0.15, -0.1) is 0 Å². The number of hydrogen-bond donors (Lipinski definition) is 0. The summed E-state index contributed by atoms with van der Waals surface area (Å²) in [6.07, 6.45) is 2.74. The second-order valence-electron chi connectivity index (χ2n) is 4.82. The molecule has 0 saturated heterocycles. The van der Waals surface area contributed by atoms with Gasteiger partial charge in [-0.1, -0.05) is 0 Å². The minimum atomic E-state index is -0.189. The molecule has 2 aromatic heterocycles. The maximum absolute atomic E-state index is 12.3. The van der Waals surface area contributed by atoms with Crippen molar-refractivity contribution in [2.24, 2.45) is 0 Å². The van der Waals surface area contributed by atoms with Gasteiger partial charge >= 0.3 is 126 Å². The predicted molar refractivity (Wildman–Crippen MR) is 80.5 cm³/mol. The number of rotatable bonds is 3. The van der Waals surface area contributed by atoms with Gasteiger partial charge in [0.15, 0.2) is 0 Å². The first-order chi connectivity index (χ1) is 10.1. The molecule has 0 saturated carbocycles. The number of oxazole rings is 1. The molecule has 0 amide bonds. The van der Waals surface area contributed by atoms with Crippen LogP contribution < -0.4 is 5.56 Å². The molecule has 0 aliphatic carbocycles. The van der Waals surface area contributed by atoms with Crippen LogP contribution in [-0.2, 0) is 0 Å².